The minimum Gasteiger partial charge on any atom is -0.471 e. The molecule has 0 aromatic carbocycles. The molecule has 12 heavy (non-hydrogen) atoms. The number of hydrogen-bond donors (Lipinski definition) is 1. The Kier molecular flexibility index (Phi) is 2.51. The molecule has 1 aromatic heterocycles. The summed E-state index contributed by atoms with van der Waals surface area (Å²) in [6, 6.07) is 0.492. The lowest BCUT2D eigenvalue weighted by molar-refractivity contribution is 0.408. The van der Waals surface area contributed by atoms with Crippen molar-refractivity contribution < 1.29 is 4.42 Å². The molecule has 0 spiro atoms. The topological polar surface area (TPSA) is 25.2 Å². The normalized spacial score (nSPS) is 24.2. The van der Waals surface area contributed by atoms with Crippen molar-refractivity contribution in [3.63, 3.8) is 0 Å². The van der Waals surface area contributed by atoms with Crippen LogP contribution in [0.1, 0.15) is 30.9 Å². The van der Waals surface area contributed by atoms with Gasteiger partial charge in [-0.05, 0) is 35.3 Å². The van der Waals surface area contributed by atoms with Gasteiger partial charge in [0.25, 0.3) is 0 Å². The predicted molar refractivity (Wildman–Crippen MR) is 51.0 cm³/mol. The predicted octanol–water partition coefficient (Wildman–Crippen LogP) is 2.86. The highest BCUT2D eigenvalue weighted by Gasteiger charge is 2.17. The number of rotatable bonds is 1. The Hall–Kier alpha value is -0.280. The van der Waals surface area contributed by atoms with E-state index in [4.69, 9.17) is 4.42 Å². The Balaban J connectivity index is 2.13. The first-order chi connectivity index (χ1) is 5.88. The van der Waals surface area contributed by atoms with Crippen molar-refractivity contribution in [3.8, 4) is 0 Å². The molecule has 0 aliphatic carbocycles. The Labute approximate surface area is 80.5 Å². The number of halogens is 1. The fraction of sp³-hybridized carbons (Fsp3) is 0.556. The standard InChI is InChI=1S/C9H12BrNO/c10-8-6-12-5-7(8)9-3-1-2-4-11-9/h5-6,9,11H,1-4H2/t9-/m1/s1. The van der Waals surface area contributed by atoms with E-state index in [1.54, 1.807) is 6.26 Å². The summed E-state index contributed by atoms with van der Waals surface area (Å²) in [5.74, 6) is 0. The highest BCUT2D eigenvalue weighted by atomic mass is 79.9. The number of piperidine rings is 1. The monoisotopic (exact) mass is 229 g/mol. The van der Waals surface area contributed by atoms with Crippen LogP contribution in [-0.2, 0) is 0 Å². The molecule has 1 aliphatic heterocycles. The molecule has 0 bridgehead atoms. The third kappa shape index (κ3) is 1.57. The van der Waals surface area contributed by atoms with Gasteiger partial charge < -0.3 is 9.73 Å². The summed E-state index contributed by atoms with van der Waals surface area (Å²) < 4.78 is 6.20. The van der Waals surface area contributed by atoms with Gasteiger partial charge in [0.1, 0.15) is 6.26 Å². The number of nitrogens with one attached hydrogen (secondary N) is 1. The van der Waals surface area contributed by atoms with Crippen LogP contribution < -0.4 is 5.32 Å². The van der Waals surface area contributed by atoms with Crippen LogP contribution in [0.5, 0.6) is 0 Å². The van der Waals surface area contributed by atoms with Gasteiger partial charge in [-0.25, -0.2) is 0 Å². The van der Waals surface area contributed by atoms with Gasteiger partial charge in [-0.15, -0.1) is 0 Å². The van der Waals surface area contributed by atoms with Gasteiger partial charge in [0.15, 0.2) is 0 Å². The SMILES string of the molecule is Brc1cocc1[C@H]1CCCCN1. The van der Waals surface area contributed by atoms with Crippen molar-refractivity contribution >= 4 is 15.9 Å². The van der Waals surface area contributed by atoms with Crippen LogP contribution >= 0.6 is 15.9 Å². The molecule has 1 saturated heterocycles. The van der Waals surface area contributed by atoms with Crippen molar-refractivity contribution in [3.05, 3.63) is 22.6 Å². The molecule has 0 unspecified atom stereocenters. The van der Waals surface area contributed by atoms with Crippen LogP contribution in [0.3, 0.4) is 0 Å². The van der Waals surface area contributed by atoms with Crippen molar-refractivity contribution in [2.75, 3.05) is 6.54 Å². The number of furan rings is 1. The van der Waals surface area contributed by atoms with E-state index >= 15 is 0 Å². The summed E-state index contributed by atoms with van der Waals surface area (Å²) in [7, 11) is 0. The lowest BCUT2D eigenvalue weighted by atomic mass is 10.0. The maximum absolute atomic E-state index is 5.11. The van der Waals surface area contributed by atoms with Gasteiger partial charge in [-0.1, -0.05) is 6.42 Å². The van der Waals surface area contributed by atoms with Crippen molar-refractivity contribution in [1.82, 2.24) is 5.32 Å². The lowest BCUT2D eigenvalue weighted by Gasteiger charge is -2.22. The maximum atomic E-state index is 5.11. The Morgan fingerprint density at radius 1 is 1.42 bits per heavy atom. The molecule has 2 heterocycles. The average Bonchev–Trinajstić information content (AvgIpc) is 2.53. The fourth-order valence-corrected chi connectivity index (χ4v) is 2.13. The second-order valence-corrected chi connectivity index (χ2v) is 4.03. The van der Waals surface area contributed by atoms with E-state index in [9.17, 15) is 0 Å². The van der Waals surface area contributed by atoms with E-state index < -0.39 is 0 Å². The van der Waals surface area contributed by atoms with Crippen LogP contribution in [0, 0.1) is 0 Å². The zero-order valence-corrected chi connectivity index (χ0v) is 8.43. The summed E-state index contributed by atoms with van der Waals surface area (Å²) in [5.41, 5.74) is 1.26. The minimum absolute atomic E-state index is 0.492. The Morgan fingerprint density at radius 3 is 2.92 bits per heavy atom. The smallest absolute Gasteiger partial charge is 0.105 e. The van der Waals surface area contributed by atoms with Crippen molar-refractivity contribution in [2.24, 2.45) is 0 Å². The second-order valence-electron chi connectivity index (χ2n) is 3.18. The van der Waals surface area contributed by atoms with Crippen LogP contribution in [-0.4, -0.2) is 6.54 Å². The minimum atomic E-state index is 0.492. The van der Waals surface area contributed by atoms with Gasteiger partial charge in [-0.2, -0.15) is 0 Å². The highest BCUT2D eigenvalue weighted by molar-refractivity contribution is 9.10. The third-order valence-electron chi connectivity index (χ3n) is 2.33. The molecule has 2 nitrogen and oxygen atoms in total. The Morgan fingerprint density at radius 2 is 2.33 bits per heavy atom. The molecule has 3 heteroatoms. The van der Waals surface area contributed by atoms with Gasteiger partial charge >= 0.3 is 0 Å². The van der Waals surface area contributed by atoms with Crippen LogP contribution in [0.4, 0.5) is 0 Å². The maximum Gasteiger partial charge on any atom is 0.105 e. The molecular formula is C9H12BrNO. The molecule has 1 aromatic rings. The van der Waals surface area contributed by atoms with Crippen LogP contribution in [0.25, 0.3) is 0 Å². The van der Waals surface area contributed by atoms with E-state index in [2.05, 4.69) is 21.2 Å². The Bertz CT molecular complexity index is 253. The fourth-order valence-electron chi connectivity index (χ4n) is 1.66. The molecule has 0 saturated carbocycles. The molecule has 1 atom stereocenters. The van der Waals surface area contributed by atoms with Gasteiger partial charge in [-0.3, -0.25) is 0 Å². The lowest BCUT2D eigenvalue weighted by Crippen LogP contribution is -2.26. The van der Waals surface area contributed by atoms with E-state index in [0.717, 1.165) is 11.0 Å². The van der Waals surface area contributed by atoms with E-state index in [-0.39, 0.29) is 0 Å². The summed E-state index contributed by atoms with van der Waals surface area (Å²) in [6.07, 6.45) is 7.40. The van der Waals surface area contributed by atoms with E-state index in [1.807, 2.05) is 6.26 Å². The van der Waals surface area contributed by atoms with Gasteiger partial charge in [0.2, 0.25) is 0 Å². The molecule has 0 amide bonds. The second kappa shape index (κ2) is 3.62. The largest absolute Gasteiger partial charge is 0.471 e. The van der Waals surface area contributed by atoms with Gasteiger partial charge in [0, 0.05) is 11.6 Å². The summed E-state index contributed by atoms with van der Waals surface area (Å²) in [4.78, 5) is 0. The molecular weight excluding hydrogens is 218 g/mol. The van der Waals surface area contributed by atoms with Crippen molar-refractivity contribution in [1.29, 1.82) is 0 Å². The molecule has 1 fully saturated rings. The zero-order valence-electron chi connectivity index (χ0n) is 6.85. The third-order valence-corrected chi connectivity index (χ3v) is 2.97. The zero-order chi connectivity index (χ0) is 8.39. The van der Waals surface area contributed by atoms with Gasteiger partial charge in [0.05, 0.1) is 10.7 Å². The molecule has 66 valence electrons. The molecule has 0 radical (unpaired) electrons. The molecule has 2 rings (SSSR count). The number of hydrogen-bond acceptors (Lipinski definition) is 2. The van der Waals surface area contributed by atoms with Crippen molar-refractivity contribution in [2.45, 2.75) is 25.3 Å². The quantitative estimate of drug-likeness (QED) is 0.802. The van der Waals surface area contributed by atoms with Crippen LogP contribution in [0.2, 0.25) is 0 Å². The average molecular weight is 230 g/mol. The summed E-state index contributed by atoms with van der Waals surface area (Å²) in [6.45, 7) is 1.13. The first-order valence-corrected chi connectivity index (χ1v) is 5.12. The molecule has 1 N–H and O–H groups in total. The first kappa shape index (κ1) is 8.32. The summed E-state index contributed by atoms with van der Waals surface area (Å²) in [5, 5.41) is 3.47. The highest BCUT2D eigenvalue weighted by Crippen LogP contribution is 2.29. The van der Waals surface area contributed by atoms with Crippen LogP contribution in [0.15, 0.2) is 21.4 Å². The summed E-state index contributed by atoms with van der Waals surface area (Å²) >= 11 is 3.47. The van der Waals surface area contributed by atoms with E-state index in [1.165, 1.54) is 24.8 Å². The first-order valence-electron chi connectivity index (χ1n) is 4.33. The molecule has 1 aliphatic rings. The van der Waals surface area contributed by atoms with E-state index in [0.29, 0.717) is 6.04 Å².